The summed E-state index contributed by atoms with van der Waals surface area (Å²) in [4.78, 5) is 0. The van der Waals surface area contributed by atoms with Crippen molar-refractivity contribution in [1.82, 2.24) is 0 Å². The van der Waals surface area contributed by atoms with Crippen molar-refractivity contribution in [2.45, 2.75) is 6.92 Å². The summed E-state index contributed by atoms with van der Waals surface area (Å²) in [5.74, 6) is 0. The average molecular weight is 87.2 g/mol. The van der Waals surface area contributed by atoms with Crippen LogP contribution in [-0.4, -0.2) is 23.1 Å². The molecule has 0 atom stereocenters. The highest BCUT2D eigenvalue weighted by molar-refractivity contribution is 6.08. The Labute approximate surface area is 35.8 Å². The monoisotopic (exact) mass is 87.0 g/mol. The molecule has 0 aromatic heterocycles. The van der Waals surface area contributed by atoms with Gasteiger partial charge in [-0.25, -0.2) is 0 Å². The molecule has 0 spiro atoms. The molecule has 0 aliphatic heterocycles. The number of rotatable bonds is 2. The molecule has 0 saturated heterocycles. The van der Waals surface area contributed by atoms with Gasteiger partial charge in [0, 0.05) is 12.8 Å². The molecule has 3 radical (unpaired) electrons. The highest BCUT2D eigenvalue weighted by Gasteiger charge is 1.64. The van der Waals surface area contributed by atoms with Crippen LogP contribution in [-0.2, 0) is 4.74 Å². The summed E-state index contributed by atoms with van der Waals surface area (Å²) < 4.78 is 4.75. The third-order valence-corrected chi connectivity index (χ3v) is 0.510. The van der Waals surface area contributed by atoms with Crippen molar-refractivity contribution in [2.75, 3.05) is 12.8 Å². The maximum atomic E-state index is 4.75. The molecule has 0 unspecified atom stereocenters. The van der Waals surface area contributed by atoms with Gasteiger partial charge < -0.3 is 4.74 Å². The zero-order valence-electron chi connectivity index (χ0n) is 3.32. The van der Waals surface area contributed by atoms with Crippen molar-refractivity contribution in [3.63, 3.8) is 0 Å². The van der Waals surface area contributed by atoms with Crippen LogP contribution in [0.15, 0.2) is 0 Å². The molecule has 0 aromatic carbocycles. The Morgan fingerprint density at radius 3 is 2.40 bits per heavy atom. The topological polar surface area (TPSA) is 9.23 Å². The Hall–Kier alpha value is 0.177. The van der Waals surface area contributed by atoms with E-state index in [1.165, 1.54) is 0 Å². The van der Waals surface area contributed by atoms with Crippen LogP contribution < -0.4 is 0 Å². The van der Waals surface area contributed by atoms with Crippen LogP contribution in [0.5, 0.6) is 0 Å². The van der Waals surface area contributed by atoms with Gasteiger partial charge in [-0.2, -0.15) is 0 Å². The van der Waals surface area contributed by atoms with Crippen LogP contribution in [0.4, 0.5) is 0 Å². The van der Waals surface area contributed by atoms with E-state index in [2.05, 4.69) is 10.2 Å². The number of hydrogen-bond donors (Lipinski definition) is 0. The summed E-state index contributed by atoms with van der Waals surface area (Å²) in [7, 11) is 3.13. The zero-order chi connectivity index (χ0) is 4.12. The molecule has 1 nitrogen and oxygen atoms in total. The van der Waals surface area contributed by atoms with E-state index in [0.717, 1.165) is 6.61 Å². The first-order valence-electron chi connectivity index (χ1n) is 1.64. The molecular weight excluding hydrogens is 80.1 g/mol. The van der Waals surface area contributed by atoms with Gasteiger partial charge >= 0.3 is 0 Å². The summed E-state index contributed by atoms with van der Waals surface area (Å²) in [5, 5.41) is 0. The lowest BCUT2D eigenvalue weighted by Crippen LogP contribution is -1.89. The van der Waals surface area contributed by atoms with Crippen molar-refractivity contribution < 1.29 is 4.74 Å². The Bertz CT molecular complexity index is 14.4. The minimum atomic E-state index is 0.649. The molecule has 5 heavy (non-hydrogen) atoms. The molecule has 0 amide bonds. The number of hydrogen-bond acceptors (Lipinski definition) is 1. The third kappa shape index (κ3) is 4.18. The standard InChI is InChI=1S/C3H7OSi/c1-2-4-3-5/h2-3H2,1H3. The zero-order valence-corrected chi connectivity index (χ0v) is 4.32. The van der Waals surface area contributed by atoms with E-state index >= 15 is 0 Å². The Morgan fingerprint density at radius 2 is 2.40 bits per heavy atom. The van der Waals surface area contributed by atoms with Gasteiger partial charge in [-0.05, 0) is 6.92 Å². The Morgan fingerprint density at radius 1 is 1.80 bits per heavy atom. The van der Waals surface area contributed by atoms with Crippen molar-refractivity contribution in [3.8, 4) is 0 Å². The maximum absolute atomic E-state index is 4.75. The Balaban J connectivity index is 2.19. The van der Waals surface area contributed by atoms with Crippen LogP contribution >= 0.6 is 0 Å². The van der Waals surface area contributed by atoms with Crippen molar-refractivity contribution in [3.05, 3.63) is 0 Å². The molecule has 0 aliphatic rings. The molecule has 0 fully saturated rings. The van der Waals surface area contributed by atoms with E-state index in [-0.39, 0.29) is 0 Å². The van der Waals surface area contributed by atoms with Crippen LogP contribution in [0.1, 0.15) is 6.92 Å². The van der Waals surface area contributed by atoms with Gasteiger partial charge in [0.25, 0.3) is 0 Å². The molecule has 0 saturated carbocycles. The molecule has 29 valence electrons. The second-order valence-electron chi connectivity index (χ2n) is 0.637. The second kappa shape index (κ2) is 4.18. The van der Waals surface area contributed by atoms with E-state index < -0.39 is 0 Å². The summed E-state index contributed by atoms with van der Waals surface area (Å²) in [6.45, 7) is 2.75. The van der Waals surface area contributed by atoms with Crippen molar-refractivity contribution in [1.29, 1.82) is 0 Å². The minimum absolute atomic E-state index is 0.649. The van der Waals surface area contributed by atoms with Crippen molar-refractivity contribution in [2.24, 2.45) is 0 Å². The van der Waals surface area contributed by atoms with E-state index in [0.29, 0.717) is 6.23 Å². The van der Waals surface area contributed by atoms with E-state index in [1.54, 1.807) is 0 Å². The molecule has 0 bridgehead atoms. The quantitative estimate of drug-likeness (QED) is 0.436. The lowest BCUT2D eigenvalue weighted by Gasteiger charge is -1.86. The predicted octanol–water partition coefficient (Wildman–Crippen LogP) is 0.149. The van der Waals surface area contributed by atoms with Crippen molar-refractivity contribution >= 4 is 10.2 Å². The average Bonchev–Trinajstić information content (AvgIpc) is 1.41. The number of ether oxygens (including phenoxy) is 1. The first kappa shape index (κ1) is 5.18. The SMILES string of the molecule is CCOC[Si]. The predicted molar refractivity (Wildman–Crippen MR) is 22.2 cm³/mol. The maximum Gasteiger partial charge on any atom is 0.0609 e. The van der Waals surface area contributed by atoms with Crippen LogP contribution in [0.25, 0.3) is 0 Å². The van der Waals surface area contributed by atoms with Gasteiger partial charge in [-0.3, -0.25) is 0 Å². The van der Waals surface area contributed by atoms with Crippen LogP contribution in [0.3, 0.4) is 0 Å². The molecule has 0 rings (SSSR count). The fourth-order valence-electron chi connectivity index (χ4n) is 0.102. The highest BCUT2D eigenvalue weighted by atomic mass is 28.1. The molecule has 0 heterocycles. The largest absolute Gasteiger partial charge is 0.386 e. The Kier molecular flexibility index (Phi) is 4.32. The highest BCUT2D eigenvalue weighted by Crippen LogP contribution is 1.60. The molecule has 0 N–H and O–H groups in total. The van der Waals surface area contributed by atoms with E-state index in [9.17, 15) is 0 Å². The van der Waals surface area contributed by atoms with Gasteiger partial charge in [0.15, 0.2) is 0 Å². The normalized spacial score (nSPS) is 8.40. The lowest BCUT2D eigenvalue weighted by molar-refractivity contribution is 0.195. The van der Waals surface area contributed by atoms with Crippen LogP contribution in [0, 0.1) is 0 Å². The summed E-state index contributed by atoms with van der Waals surface area (Å²) >= 11 is 0. The fraction of sp³-hybridized carbons (Fsp3) is 1.00. The summed E-state index contributed by atoms with van der Waals surface area (Å²) in [5.41, 5.74) is 0. The summed E-state index contributed by atoms with van der Waals surface area (Å²) in [6.07, 6.45) is 0.649. The second-order valence-corrected chi connectivity index (χ2v) is 0.926. The van der Waals surface area contributed by atoms with Gasteiger partial charge in [0.2, 0.25) is 0 Å². The summed E-state index contributed by atoms with van der Waals surface area (Å²) in [6, 6.07) is 0. The van der Waals surface area contributed by atoms with E-state index in [4.69, 9.17) is 4.74 Å². The minimum Gasteiger partial charge on any atom is -0.386 e. The smallest absolute Gasteiger partial charge is 0.0609 e. The first-order valence-corrected chi connectivity index (χ1v) is 2.35. The lowest BCUT2D eigenvalue weighted by atomic mass is 10.9. The molecule has 0 aliphatic carbocycles. The molecule has 0 aromatic rings. The molecular formula is C3H7OSi. The third-order valence-electron chi connectivity index (χ3n) is 0.306. The van der Waals surface area contributed by atoms with Gasteiger partial charge in [-0.1, -0.05) is 0 Å². The first-order chi connectivity index (χ1) is 2.41. The van der Waals surface area contributed by atoms with Crippen LogP contribution in [0.2, 0.25) is 0 Å². The van der Waals surface area contributed by atoms with E-state index in [1.807, 2.05) is 6.92 Å². The fourth-order valence-corrected chi connectivity index (χ4v) is 0.306. The van der Waals surface area contributed by atoms with Gasteiger partial charge in [0.05, 0.1) is 10.2 Å². The van der Waals surface area contributed by atoms with Gasteiger partial charge in [-0.15, -0.1) is 0 Å². The molecule has 2 heteroatoms. The van der Waals surface area contributed by atoms with Gasteiger partial charge in [0.1, 0.15) is 0 Å².